The van der Waals surface area contributed by atoms with Crippen LogP contribution in [0.5, 0.6) is 5.75 Å². The van der Waals surface area contributed by atoms with Gasteiger partial charge in [0.25, 0.3) is 5.56 Å². The zero-order valence-corrected chi connectivity index (χ0v) is 24.7. The van der Waals surface area contributed by atoms with Crippen molar-refractivity contribution in [3.8, 4) is 5.75 Å². The van der Waals surface area contributed by atoms with Crippen LogP contribution in [0.3, 0.4) is 0 Å². The average molecular weight is 664 g/mol. The van der Waals surface area contributed by atoms with Crippen LogP contribution in [0.4, 0.5) is 5.69 Å². The Labute approximate surface area is 246 Å². The highest BCUT2D eigenvalue weighted by Gasteiger charge is 2.21. The monoisotopic (exact) mass is 662 g/mol. The van der Waals surface area contributed by atoms with Gasteiger partial charge in [-0.25, -0.2) is 4.98 Å². The van der Waals surface area contributed by atoms with Gasteiger partial charge in [-0.2, -0.15) is 9.78 Å². The Morgan fingerprint density at radius 1 is 1.02 bits per heavy atom. The van der Waals surface area contributed by atoms with E-state index in [0.29, 0.717) is 33.2 Å². The fourth-order valence-corrected chi connectivity index (χ4v) is 5.31. The first-order valence-corrected chi connectivity index (χ1v) is 14.3. The maximum atomic E-state index is 13.5. The third-order valence-corrected chi connectivity index (χ3v) is 7.40. The molecule has 0 saturated heterocycles. The van der Waals surface area contributed by atoms with Crippen molar-refractivity contribution in [3.63, 3.8) is 0 Å². The lowest BCUT2D eigenvalue weighted by atomic mass is 10.1. The quantitative estimate of drug-likeness (QED) is 0.0911. The van der Waals surface area contributed by atoms with Gasteiger partial charge in [0.2, 0.25) is 5.75 Å². The Hall–Kier alpha value is -3.89. The third kappa shape index (κ3) is 5.83. The molecular formula is C30H24Br2N4O4. The summed E-state index contributed by atoms with van der Waals surface area (Å²) >= 11 is 6.78. The molecule has 8 nitrogen and oxygen atoms in total. The minimum absolute atomic E-state index is 0.0598. The summed E-state index contributed by atoms with van der Waals surface area (Å²) in [5.74, 6) is 0.574. The summed E-state index contributed by atoms with van der Waals surface area (Å²) in [5.41, 5.74) is 1.29. The molecule has 0 amide bonds. The van der Waals surface area contributed by atoms with Crippen LogP contribution in [0.15, 0.2) is 91.6 Å². The summed E-state index contributed by atoms with van der Waals surface area (Å²) in [6.45, 7) is 2.17. The second-order valence-electron chi connectivity index (χ2n) is 9.18. The Morgan fingerprint density at radius 3 is 2.62 bits per heavy atom. The van der Waals surface area contributed by atoms with Gasteiger partial charge in [-0.05, 0) is 47.0 Å². The zero-order chi connectivity index (χ0) is 28.2. The van der Waals surface area contributed by atoms with Crippen molar-refractivity contribution < 1.29 is 9.66 Å². The number of nitrogens with zero attached hydrogens (tertiary/aromatic N) is 4. The number of unbranched alkanes of at least 4 members (excludes halogenated alkanes) is 1. The standard InChI is InChI=1S/C30H24Br2N4O4/c1-2-3-11-28-34-26-13-12-22(31)15-25(26)30(37)35(28)33-17-21-14-23(32)16-27(36(38)39)29(21)40-18-20-9-6-8-19-7-4-5-10-24(19)20/h4-10,12-17H,2-3,11,18H2,1H3. The topological polar surface area (TPSA) is 99.6 Å². The van der Waals surface area contributed by atoms with Crippen molar-refractivity contribution >= 4 is 65.4 Å². The number of halogens is 2. The Bertz CT molecular complexity index is 1830. The van der Waals surface area contributed by atoms with Crippen molar-refractivity contribution in [2.45, 2.75) is 32.8 Å². The van der Waals surface area contributed by atoms with Crippen molar-refractivity contribution in [1.82, 2.24) is 9.66 Å². The molecule has 0 saturated carbocycles. The number of aryl methyl sites for hydroxylation is 1. The first kappa shape index (κ1) is 27.7. The predicted octanol–water partition coefficient (Wildman–Crippen LogP) is 7.79. The lowest BCUT2D eigenvalue weighted by Crippen LogP contribution is -2.22. The summed E-state index contributed by atoms with van der Waals surface area (Å²) in [6, 6.07) is 22.2. The molecule has 0 aliphatic rings. The van der Waals surface area contributed by atoms with Crippen molar-refractivity contribution in [2.24, 2.45) is 5.10 Å². The number of aromatic nitrogens is 2. The smallest absolute Gasteiger partial charge is 0.312 e. The number of nitro groups is 1. The molecule has 1 heterocycles. The van der Waals surface area contributed by atoms with Gasteiger partial charge in [0.1, 0.15) is 12.4 Å². The maximum absolute atomic E-state index is 13.5. The predicted molar refractivity (Wildman–Crippen MR) is 164 cm³/mol. The van der Waals surface area contributed by atoms with Crippen LogP contribution in [0.1, 0.15) is 36.7 Å². The molecular weight excluding hydrogens is 640 g/mol. The van der Waals surface area contributed by atoms with E-state index < -0.39 is 4.92 Å². The summed E-state index contributed by atoms with van der Waals surface area (Å²) < 4.78 is 8.62. The molecule has 10 heteroatoms. The van der Waals surface area contributed by atoms with E-state index in [-0.39, 0.29) is 23.6 Å². The molecule has 4 aromatic carbocycles. The number of hydrogen-bond acceptors (Lipinski definition) is 6. The molecule has 1 aromatic heterocycles. The van der Waals surface area contributed by atoms with Gasteiger partial charge >= 0.3 is 5.69 Å². The van der Waals surface area contributed by atoms with Gasteiger partial charge in [0.05, 0.1) is 22.0 Å². The van der Waals surface area contributed by atoms with E-state index in [9.17, 15) is 14.9 Å². The normalized spacial score (nSPS) is 11.5. The molecule has 0 fully saturated rings. The fourth-order valence-electron chi connectivity index (χ4n) is 4.49. The van der Waals surface area contributed by atoms with Crippen molar-refractivity contribution in [2.75, 3.05) is 0 Å². The second kappa shape index (κ2) is 12.1. The number of hydrogen-bond donors (Lipinski definition) is 0. The van der Waals surface area contributed by atoms with Crippen LogP contribution in [-0.2, 0) is 13.0 Å². The number of fused-ring (bicyclic) bond motifs is 2. The molecule has 0 spiro atoms. The molecule has 5 rings (SSSR count). The molecule has 5 aromatic rings. The van der Waals surface area contributed by atoms with Crippen LogP contribution in [0, 0.1) is 10.1 Å². The fraction of sp³-hybridized carbons (Fsp3) is 0.167. The van der Waals surface area contributed by atoms with Gasteiger partial charge in [-0.15, -0.1) is 0 Å². The molecule has 40 heavy (non-hydrogen) atoms. The van der Waals surface area contributed by atoms with Crippen LogP contribution >= 0.6 is 31.9 Å². The molecule has 0 aliphatic carbocycles. The molecule has 0 unspecified atom stereocenters. The molecule has 0 N–H and O–H groups in total. The minimum atomic E-state index is -0.492. The molecule has 0 atom stereocenters. The van der Waals surface area contributed by atoms with Crippen molar-refractivity contribution in [3.05, 3.63) is 119 Å². The highest BCUT2D eigenvalue weighted by molar-refractivity contribution is 9.10. The first-order valence-electron chi connectivity index (χ1n) is 12.7. The van der Waals surface area contributed by atoms with Crippen LogP contribution < -0.4 is 10.3 Å². The molecule has 0 radical (unpaired) electrons. The Kier molecular flexibility index (Phi) is 8.37. The molecule has 0 bridgehead atoms. The third-order valence-electron chi connectivity index (χ3n) is 6.45. The van der Waals surface area contributed by atoms with Crippen LogP contribution in [0.25, 0.3) is 21.7 Å². The first-order chi connectivity index (χ1) is 19.4. The maximum Gasteiger partial charge on any atom is 0.312 e. The minimum Gasteiger partial charge on any atom is -0.481 e. The Morgan fingerprint density at radius 2 is 1.82 bits per heavy atom. The number of rotatable bonds is 9. The summed E-state index contributed by atoms with van der Waals surface area (Å²) in [4.78, 5) is 29.7. The van der Waals surface area contributed by atoms with E-state index in [1.54, 1.807) is 18.2 Å². The van der Waals surface area contributed by atoms with Gasteiger partial charge in [0, 0.05) is 27.0 Å². The van der Waals surface area contributed by atoms with Crippen molar-refractivity contribution in [1.29, 1.82) is 0 Å². The highest BCUT2D eigenvalue weighted by atomic mass is 79.9. The van der Waals surface area contributed by atoms with Crippen LogP contribution in [-0.4, -0.2) is 20.8 Å². The Balaban J connectivity index is 1.59. The lowest BCUT2D eigenvalue weighted by molar-refractivity contribution is -0.386. The van der Waals surface area contributed by atoms with Gasteiger partial charge < -0.3 is 4.74 Å². The SMILES string of the molecule is CCCCc1nc2ccc(Br)cc2c(=O)n1N=Cc1cc(Br)cc([N+](=O)[O-])c1OCc1cccc2ccccc12. The lowest BCUT2D eigenvalue weighted by Gasteiger charge is -2.13. The van der Waals surface area contributed by atoms with E-state index in [2.05, 4.69) is 43.9 Å². The number of nitro benzene ring substituents is 1. The summed E-state index contributed by atoms with van der Waals surface area (Å²) in [5, 5.41) is 19.0. The van der Waals surface area contributed by atoms with E-state index in [0.717, 1.165) is 33.7 Å². The largest absolute Gasteiger partial charge is 0.481 e. The van der Waals surface area contributed by atoms with Crippen LogP contribution in [0.2, 0.25) is 0 Å². The van der Waals surface area contributed by atoms with E-state index in [1.165, 1.54) is 17.0 Å². The van der Waals surface area contributed by atoms with E-state index in [1.807, 2.05) is 48.5 Å². The van der Waals surface area contributed by atoms with E-state index in [4.69, 9.17) is 9.72 Å². The molecule has 202 valence electrons. The zero-order valence-electron chi connectivity index (χ0n) is 21.5. The van der Waals surface area contributed by atoms with Gasteiger partial charge in [-0.1, -0.05) is 87.7 Å². The number of ether oxygens (including phenoxy) is 1. The van der Waals surface area contributed by atoms with E-state index >= 15 is 0 Å². The average Bonchev–Trinajstić information content (AvgIpc) is 2.95. The second-order valence-corrected chi connectivity index (χ2v) is 11.0. The van der Waals surface area contributed by atoms with Gasteiger partial charge in [-0.3, -0.25) is 14.9 Å². The van der Waals surface area contributed by atoms with Gasteiger partial charge in [0.15, 0.2) is 0 Å². The molecule has 0 aliphatic heterocycles. The summed E-state index contributed by atoms with van der Waals surface area (Å²) in [6.07, 6.45) is 3.71. The number of benzene rings is 4. The summed E-state index contributed by atoms with van der Waals surface area (Å²) in [7, 11) is 0. The highest BCUT2D eigenvalue weighted by Crippen LogP contribution is 2.35.